The number of nitrogens with zero attached hydrogens (tertiary/aromatic N) is 4. The number of halogens is 3. The van der Waals surface area contributed by atoms with E-state index in [0.717, 1.165) is 17.5 Å². The summed E-state index contributed by atoms with van der Waals surface area (Å²) in [5.41, 5.74) is 0.951. The number of hydrogen-bond donors (Lipinski definition) is 1. The Kier molecular flexibility index (Phi) is 4.39. The molecule has 0 bridgehead atoms. The molecule has 3 aromatic rings. The lowest BCUT2D eigenvalue weighted by atomic mass is 10.1. The molecule has 3 aromatic heterocycles. The topological polar surface area (TPSA) is 72.7 Å². The van der Waals surface area contributed by atoms with Crippen molar-refractivity contribution in [3.63, 3.8) is 0 Å². The first-order valence-electron chi connectivity index (χ1n) is 7.80. The van der Waals surface area contributed by atoms with Gasteiger partial charge >= 0.3 is 6.18 Å². The summed E-state index contributed by atoms with van der Waals surface area (Å²) in [6.45, 7) is 5.18. The fourth-order valence-electron chi connectivity index (χ4n) is 2.64. The molecule has 0 aliphatic heterocycles. The van der Waals surface area contributed by atoms with Crippen LogP contribution in [0.15, 0.2) is 24.3 Å². The number of fused-ring (bicyclic) bond motifs is 1. The normalized spacial score (nSPS) is 11.8. The number of carbonyl (C=O) groups excluding carboxylic acids is 1. The van der Waals surface area contributed by atoms with Crippen molar-refractivity contribution in [3.05, 3.63) is 46.9 Å². The van der Waals surface area contributed by atoms with Gasteiger partial charge in [-0.2, -0.15) is 18.3 Å². The van der Waals surface area contributed by atoms with E-state index in [4.69, 9.17) is 0 Å². The van der Waals surface area contributed by atoms with Gasteiger partial charge in [0.05, 0.1) is 5.69 Å². The van der Waals surface area contributed by atoms with Crippen molar-refractivity contribution in [2.45, 2.75) is 33.5 Å². The lowest BCUT2D eigenvalue weighted by Crippen LogP contribution is -2.21. The van der Waals surface area contributed by atoms with Gasteiger partial charge in [0, 0.05) is 11.1 Å². The van der Waals surface area contributed by atoms with E-state index in [1.165, 1.54) is 10.7 Å². The number of carbonyl (C=O) groups is 1. The first-order valence-corrected chi connectivity index (χ1v) is 7.80. The Morgan fingerprint density at radius 2 is 1.88 bits per heavy atom. The number of aromatic nitrogens is 4. The first kappa shape index (κ1) is 17.8. The number of aryl methyl sites for hydroxylation is 3. The third-order valence-corrected chi connectivity index (χ3v) is 3.83. The molecule has 0 aliphatic carbocycles. The largest absolute Gasteiger partial charge is 0.433 e. The molecule has 0 aliphatic rings. The predicted molar refractivity (Wildman–Crippen MR) is 89.6 cm³/mol. The van der Waals surface area contributed by atoms with E-state index in [0.29, 0.717) is 10.9 Å². The highest BCUT2D eigenvalue weighted by molar-refractivity contribution is 5.91. The van der Waals surface area contributed by atoms with Crippen molar-refractivity contribution >= 4 is 22.8 Å². The fraction of sp³-hybridized carbons (Fsp3) is 0.294. The predicted octanol–water partition coefficient (Wildman–Crippen LogP) is 3.41. The van der Waals surface area contributed by atoms with Crippen LogP contribution in [-0.2, 0) is 17.5 Å². The molecule has 3 rings (SSSR count). The molecule has 9 heteroatoms. The van der Waals surface area contributed by atoms with Crippen LogP contribution in [0.3, 0.4) is 0 Å². The first-order chi connectivity index (χ1) is 12.1. The van der Waals surface area contributed by atoms with Crippen LogP contribution in [0.5, 0.6) is 0 Å². The summed E-state index contributed by atoms with van der Waals surface area (Å²) in [7, 11) is 0. The Bertz CT molecular complexity index is 994. The molecule has 1 amide bonds. The second-order valence-corrected chi connectivity index (χ2v) is 6.02. The van der Waals surface area contributed by atoms with Gasteiger partial charge in [0.1, 0.15) is 18.1 Å². The van der Waals surface area contributed by atoms with Crippen molar-refractivity contribution in [1.29, 1.82) is 0 Å². The summed E-state index contributed by atoms with van der Waals surface area (Å²) >= 11 is 0. The average molecular weight is 363 g/mol. The molecule has 0 saturated heterocycles. The minimum Gasteiger partial charge on any atom is -0.309 e. The summed E-state index contributed by atoms with van der Waals surface area (Å²) in [5.74, 6) is -0.248. The summed E-state index contributed by atoms with van der Waals surface area (Å²) < 4.78 is 40.3. The molecule has 3 heterocycles. The average Bonchev–Trinajstić information content (AvgIpc) is 2.83. The molecule has 136 valence electrons. The minimum atomic E-state index is -4.56. The van der Waals surface area contributed by atoms with Gasteiger partial charge in [-0.1, -0.05) is 0 Å². The van der Waals surface area contributed by atoms with Crippen LogP contribution < -0.4 is 5.32 Å². The molecule has 0 fully saturated rings. The molecule has 0 saturated carbocycles. The van der Waals surface area contributed by atoms with E-state index < -0.39 is 11.9 Å². The lowest BCUT2D eigenvalue weighted by Gasteiger charge is -2.10. The number of alkyl halides is 3. The molecule has 0 atom stereocenters. The lowest BCUT2D eigenvalue weighted by molar-refractivity contribution is -0.141. The smallest absolute Gasteiger partial charge is 0.309 e. The highest BCUT2D eigenvalue weighted by Gasteiger charge is 2.33. The van der Waals surface area contributed by atoms with Gasteiger partial charge in [-0.3, -0.25) is 9.48 Å². The number of rotatable bonds is 3. The van der Waals surface area contributed by atoms with E-state index in [-0.39, 0.29) is 23.9 Å². The highest BCUT2D eigenvalue weighted by atomic mass is 19.4. The van der Waals surface area contributed by atoms with Gasteiger partial charge < -0.3 is 5.32 Å². The maximum atomic E-state index is 12.9. The molecule has 0 unspecified atom stereocenters. The third-order valence-electron chi connectivity index (χ3n) is 3.83. The minimum absolute atomic E-state index is 0.0194. The standard InChI is InChI=1S/C17H16F3N5O/c1-9-6-13(17(18,19)20)21-16-12(9)4-5-14(23-16)22-15(26)8-25-11(3)7-10(2)24-25/h4-7H,8H2,1-3H3,(H,21,22,23,26). The van der Waals surface area contributed by atoms with E-state index >= 15 is 0 Å². The molecule has 0 spiro atoms. The van der Waals surface area contributed by atoms with Crippen molar-refractivity contribution in [2.24, 2.45) is 0 Å². The van der Waals surface area contributed by atoms with Crippen LogP contribution in [0.25, 0.3) is 11.0 Å². The zero-order valence-corrected chi connectivity index (χ0v) is 14.3. The Morgan fingerprint density at radius 1 is 1.15 bits per heavy atom. The van der Waals surface area contributed by atoms with Gasteiger partial charge in [0.2, 0.25) is 5.91 Å². The van der Waals surface area contributed by atoms with Crippen molar-refractivity contribution in [2.75, 3.05) is 5.32 Å². The van der Waals surface area contributed by atoms with Gasteiger partial charge in [-0.15, -0.1) is 0 Å². The molecule has 6 nitrogen and oxygen atoms in total. The Morgan fingerprint density at radius 3 is 2.50 bits per heavy atom. The van der Waals surface area contributed by atoms with Crippen LogP contribution in [0.4, 0.5) is 19.0 Å². The van der Waals surface area contributed by atoms with E-state index in [1.807, 2.05) is 19.9 Å². The van der Waals surface area contributed by atoms with Crippen molar-refractivity contribution < 1.29 is 18.0 Å². The second kappa shape index (κ2) is 6.40. The zero-order valence-electron chi connectivity index (χ0n) is 14.3. The van der Waals surface area contributed by atoms with E-state index in [2.05, 4.69) is 20.4 Å². The molecule has 26 heavy (non-hydrogen) atoms. The molecule has 0 aromatic carbocycles. The number of nitrogens with one attached hydrogen (secondary N) is 1. The van der Waals surface area contributed by atoms with Crippen molar-refractivity contribution in [1.82, 2.24) is 19.7 Å². The Hall–Kier alpha value is -2.97. The van der Waals surface area contributed by atoms with Crippen LogP contribution in [0.1, 0.15) is 22.6 Å². The van der Waals surface area contributed by atoms with Crippen LogP contribution >= 0.6 is 0 Å². The van der Waals surface area contributed by atoms with Crippen molar-refractivity contribution in [3.8, 4) is 0 Å². The zero-order chi connectivity index (χ0) is 19.1. The Balaban J connectivity index is 1.86. The maximum absolute atomic E-state index is 12.9. The van der Waals surface area contributed by atoms with Crippen LogP contribution in [-0.4, -0.2) is 25.7 Å². The molecule has 0 radical (unpaired) electrons. The maximum Gasteiger partial charge on any atom is 0.433 e. The third kappa shape index (κ3) is 3.66. The molecular formula is C17H16F3N5O. The summed E-state index contributed by atoms with van der Waals surface area (Å²) in [5, 5.41) is 7.25. The summed E-state index contributed by atoms with van der Waals surface area (Å²) in [4.78, 5) is 19.8. The molecular weight excluding hydrogens is 347 g/mol. The van der Waals surface area contributed by atoms with Gasteiger partial charge in [-0.05, 0) is 50.6 Å². The second-order valence-electron chi connectivity index (χ2n) is 6.02. The van der Waals surface area contributed by atoms with Gasteiger partial charge in [0.25, 0.3) is 0 Å². The number of hydrogen-bond acceptors (Lipinski definition) is 4. The van der Waals surface area contributed by atoms with E-state index in [1.54, 1.807) is 13.0 Å². The van der Waals surface area contributed by atoms with Crippen LogP contribution in [0, 0.1) is 20.8 Å². The van der Waals surface area contributed by atoms with Gasteiger partial charge in [-0.25, -0.2) is 9.97 Å². The Labute approximate surface area is 147 Å². The fourth-order valence-corrected chi connectivity index (χ4v) is 2.64. The SMILES string of the molecule is Cc1cc(C)n(CC(=O)Nc2ccc3c(C)cc(C(F)(F)F)nc3n2)n1. The van der Waals surface area contributed by atoms with Crippen LogP contribution in [0.2, 0.25) is 0 Å². The van der Waals surface area contributed by atoms with E-state index in [9.17, 15) is 18.0 Å². The number of anilines is 1. The number of amides is 1. The molecule has 1 N–H and O–H groups in total. The number of pyridine rings is 2. The quantitative estimate of drug-likeness (QED) is 0.774. The summed E-state index contributed by atoms with van der Waals surface area (Å²) in [6.07, 6.45) is -4.56. The van der Waals surface area contributed by atoms with Gasteiger partial charge in [0.15, 0.2) is 5.65 Å². The highest BCUT2D eigenvalue weighted by Crippen LogP contribution is 2.30. The monoisotopic (exact) mass is 363 g/mol. The summed E-state index contributed by atoms with van der Waals surface area (Å²) in [6, 6.07) is 5.94.